The second kappa shape index (κ2) is 5.21. The van der Waals surface area contributed by atoms with E-state index < -0.39 is 0 Å². The Labute approximate surface area is 117 Å². The van der Waals surface area contributed by atoms with E-state index in [9.17, 15) is 4.79 Å². The maximum absolute atomic E-state index is 11.4. The van der Waals surface area contributed by atoms with Crippen molar-refractivity contribution in [2.75, 3.05) is 11.9 Å². The fraction of sp³-hybridized carbons (Fsp3) is 0.118. The summed E-state index contributed by atoms with van der Waals surface area (Å²) in [6, 6.07) is 14.1. The molecule has 1 N–H and O–H groups in total. The Hall–Kier alpha value is -2.55. The van der Waals surface area contributed by atoms with Gasteiger partial charge in [-0.05, 0) is 35.7 Å². The third-order valence-corrected chi connectivity index (χ3v) is 3.19. The lowest BCUT2D eigenvalue weighted by Gasteiger charge is -2.20. The second-order valence-corrected chi connectivity index (χ2v) is 4.80. The highest BCUT2D eigenvalue weighted by Crippen LogP contribution is 2.33. The van der Waals surface area contributed by atoms with Crippen LogP contribution in [-0.2, 0) is 4.79 Å². The molecule has 1 amide bonds. The van der Waals surface area contributed by atoms with Crippen LogP contribution in [0.4, 0.5) is 5.69 Å². The van der Waals surface area contributed by atoms with Crippen molar-refractivity contribution >= 4 is 23.7 Å². The van der Waals surface area contributed by atoms with Crippen molar-refractivity contribution in [2.24, 2.45) is 0 Å². The van der Waals surface area contributed by atoms with Crippen molar-refractivity contribution in [3.63, 3.8) is 0 Å². The number of hydrogen-bond acceptors (Lipinski definition) is 2. The van der Waals surface area contributed by atoms with E-state index in [2.05, 4.69) is 11.4 Å². The Morgan fingerprint density at radius 1 is 1.10 bits per heavy atom. The van der Waals surface area contributed by atoms with Crippen LogP contribution >= 0.6 is 0 Å². The monoisotopic (exact) mass is 265 g/mol. The van der Waals surface area contributed by atoms with Gasteiger partial charge in [-0.1, -0.05) is 42.5 Å². The number of hydrogen-bond donors (Lipinski definition) is 1. The molecule has 0 bridgehead atoms. The zero-order valence-corrected chi connectivity index (χ0v) is 11.2. The lowest BCUT2D eigenvalue weighted by molar-refractivity contribution is -0.118. The average molecular weight is 265 g/mol. The highest BCUT2D eigenvalue weighted by atomic mass is 16.5. The third-order valence-electron chi connectivity index (χ3n) is 3.19. The molecular weight excluding hydrogens is 250 g/mol. The van der Waals surface area contributed by atoms with Gasteiger partial charge in [0.25, 0.3) is 5.91 Å². The molecule has 3 nitrogen and oxygen atoms in total. The predicted octanol–water partition coefficient (Wildman–Crippen LogP) is 3.50. The molecule has 3 rings (SSSR count). The summed E-state index contributed by atoms with van der Waals surface area (Å²) in [4.78, 5) is 11.4. The number of benzene rings is 2. The highest BCUT2D eigenvalue weighted by Gasteiger charge is 2.17. The Morgan fingerprint density at radius 3 is 2.65 bits per heavy atom. The lowest BCUT2D eigenvalue weighted by Crippen LogP contribution is -2.25. The molecule has 0 fully saturated rings. The Balaban J connectivity index is 1.91. The predicted molar refractivity (Wildman–Crippen MR) is 80.7 cm³/mol. The molecule has 20 heavy (non-hydrogen) atoms. The molecule has 100 valence electrons. The molecule has 0 aliphatic carbocycles. The van der Waals surface area contributed by atoms with Gasteiger partial charge < -0.3 is 10.1 Å². The average Bonchev–Trinajstić information content (AvgIpc) is 2.46. The molecule has 0 unspecified atom stereocenters. The standard InChI is InChI=1S/C17H15NO2/c1-12-9-14(8-7-13-5-3-2-4-6-13)10-15-17(12)20-11-16(19)18-15/h2-10H,11H2,1H3,(H,18,19)/b8-7+. The molecule has 1 aliphatic heterocycles. The van der Waals surface area contributed by atoms with E-state index in [1.54, 1.807) is 0 Å². The molecule has 1 heterocycles. The number of rotatable bonds is 2. The van der Waals surface area contributed by atoms with Crippen LogP contribution in [0, 0.1) is 6.92 Å². The number of carbonyl (C=O) groups is 1. The van der Waals surface area contributed by atoms with Crippen molar-refractivity contribution in [2.45, 2.75) is 6.92 Å². The number of fused-ring (bicyclic) bond motifs is 1. The van der Waals surface area contributed by atoms with E-state index in [1.807, 2.05) is 55.5 Å². The van der Waals surface area contributed by atoms with E-state index in [1.165, 1.54) is 0 Å². The van der Waals surface area contributed by atoms with Gasteiger partial charge in [-0.25, -0.2) is 0 Å². The zero-order chi connectivity index (χ0) is 13.9. The summed E-state index contributed by atoms with van der Waals surface area (Å²) in [5, 5.41) is 2.84. The first-order valence-electron chi connectivity index (χ1n) is 6.53. The molecular formula is C17H15NO2. The molecule has 0 saturated carbocycles. The van der Waals surface area contributed by atoms with E-state index in [-0.39, 0.29) is 12.5 Å². The molecule has 0 spiro atoms. The molecule has 2 aromatic rings. The van der Waals surface area contributed by atoms with Gasteiger partial charge in [0.2, 0.25) is 0 Å². The van der Waals surface area contributed by atoms with Gasteiger partial charge in [-0.15, -0.1) is 0 Å². The lowest BCUT2D eigenvalue weighted by atomic mass is 10.1. The normalized spacial score (nSPS) is 13.8. The summed E-state index contributed by atoms with van der Waals surface area (Å²) in [6.07, 6.45) is 4.08. The van der Waals surface area contributed by atoms with Crippen molar-refractivity contribution < 1.29 is 9.53 Å². The molecule has 0 aromatic heterocycles. The van der Waals surface area contributed by atoms with Gasteiger partial charge in [0, 0.05) is 0 Å². The Bertz CT molecular complexity index is 675. The summed E-state index contributed by atoms with van der Waals surface area (Å²) in [5.74, 6) is 0.655. The molecule has 1 aliphatic rings. The summed E-state index contributed by atoms with van der Waals surface area (Å²) >= 11 is 0. The number of ether oxygens (including phenoxy) is 1. The van der Waals surface area contributed by atoms with Crippen molar-refractivity contribution in [1.82, 2.24) is 0 Å². The maximum Gasteiger partial charge on any atom is 0.262 e. The third kappa shape index (κ3) is 2.57. The van der Waals surface area contributed by atoms with E-state index in [0.29, 0.717) is 0 Å². The summed E-state index contributed by atoms with van der Waals surface area (Å²) in [6.45, 7) is 2.07. The van der Waals surface area contributed by atoms with Crippen molar-refractivity contribution in [3.8, 4) is 5.75 Å². The minimum absolute atomic E-state index is 0.0903. The minimum Gasteiger partial charge on any atom is -0.481 e. The van der Waals surface area contributed by atoms with E-state index in [4.69, 9.17) is 4.74 Å². The summed E-state index contributed by atoms with van der Waals surface area (Å²) in [5.41, 5.74) is 3.95. The first-order chi connectivity index (χ1) is 9.72. The fourth-order valence-corrected chi connectivity index (χ4v) is 2.26. The number of carbonyl (C=O) groups excluding carboxylic acids is 1. The SMILES string of the molecule is Cc1cc(/C=C/c2ccccc2)cc2c1OCC(=O)N2. The molecule has 3 heteroatoms. The maximum atomic E-state index is 11.4. The van der Waals surface area contributed by atoms with Crippen molar-refractivity contribution in [1.29, 1.82) is 0 Å². The largest absolute Gasteiger partial charge is 0.481 e. The smallest absolute Gasteiger partial charge is 0.262 e. The summed E-state index contributed by atoms with van der Waals surface area (Å²) < 4.78 is 5.45. The van der Waals surface area contributed by atoms with E-state index in [0.717, 1.165) is 28.1 Å². The van der Waals surface area contributed by atoms with Crippen LogP contribution in [0.15, 0.2) is 42.5 Å². The highest BCUT2D eigenvalue weighted by molar-refractivity contribution is 5.96. The zero-order valence-electron chi connectivity index (χ0n) is 11.2. The fourth-order valence-electron chi connectivity index (χ4n) is 2.26. The number of aryl methyl sites for hydroxylation is 1. The van der Waals surface area contributed by atoms with Gasteiger partial charge in [0.05, 0.1) is 5.69 Å². The number of nitrogens with one attached hydrogen (secondary N) is 1. The molecule has 0 saturated heterocycles. The van der Waals surface area contributed by atoms with Crippen LogP contribution in [0.1, 0.15) is 16.7 Å². The number of amides is 1. The molecule has 0 radical (unpaired) electrons. The Morgan fingerprint density at radius 2 is 1.85 bits per heavy atom. The van der Waals surface area contributed by atoms with Crippen LogP contribution in [0.25, 0.3) is 12.2 Å². The van der Waals surface area contributed by atoms with Gasteiger partial charge >= 0.3 is 0 Å². The van der Waals surface area contributed by atoms with Crippen LogP contribution in [0.5, 0.6) is 5.75 Å². The summed E-state index contributed by atoms with van der Waals surface area (Å²) in [7, 11) is 0. The first-order valence-corrected chi connectivity index (χ1v) is 6.53. The van der Waals surface area contributed by atoms with Gasteiger partial charge in [0.1, 0.15) is 5.75 Å². The second-order valence-electron chi connectivity index (χ2n) is 4.80. The van der Waals surface area contributed by atoms with Gasteiger partial charge in [0.15, 0.2) is 6.61 Å². The first kappa shape index (κ1) is 12.5. The Kier molecular flexibility index (Phi) is 3.25. The van der Waals surface area contributed by atoms with Crippen LogP contribution < -0.4 is 10.1 Å². The van der Waals surface area contributed by atoms with Crippen LogP contribution in [-0.4, -0.2) is 12.5 Å². The molecule has 2 aromatic carbocycles. The van der Waals surface area contributed by atoms with Crippen LogP contribution in [0.2, 0.25) is 0 Å². The topological polar surface area (TPSA) is 38.3 Å². The van der Waals surface area contributed by atoms with Gasteiger partial charge in [-0.2, -0.15) is 0 Å². The van der Waals surface area contributed by atoms with E-state index >= 15 is 0 Å². The molecule has 0 atom stereocenters. The van der Waals surface area contributed by atoms with Crippen molar-refractivity contribution in [3.05, 3.63) is 59.2 Å². The minimum atomic E-state index is -0.110. The quantitative estimate of drug-likeness (QED) is 0.844. The van der Waals surface area contributed by atoms with Crippen LogP contribution in [0.3, 0.4) is 0 Å². The van der Waals surface area contributed by atoms with Gasteiger partial charge in [-0.3, -0.25) is 4.79 Å². The number of anilines is 1.